The van der Waals surface area contributed by atoms with E-state index in [0.29, 0.717) is 5.56 Å². The summed E-state index contributed by atoms with van der Waals surface area (Å²) in [6, 6.07) is 0. The average molecular weight is 230 g/mol. The van der Waals surface area contributed by atoms with Gasteiger partial charge in [0.15, 0.2) is 5.69 Å². The number of carboxylic acids is 1. The molecule has 0 fully saturated rings. The SMILES string of the molecule is Cn1cc(C#Cc2cn(C)nc2C(=O)O)cn1. The molecule has 2 aromatic rings. The molecule has 0 unspecified atom stereocenters. The van der Waals surface area contributed by atoms with Crippen LogP contribution in [0.5, 0.6) is 0 Å². The molecule has 6 heteroatoms. The third-order valence-corrected chi connectivity index (χ3v) is 2.08. The van der Waals surface area contributed by atoms with Crippen LogP contribution in [-0.4, -0.2) is 30.6 Å². The Kier molecular flexibility index (Phi) is 2.66. The molecule has 2 rings (SSSR count). The first kappa shape index (κ1) is 11.0. The molecule has 0 saturated heterocycles. The van der Waals surface area contributed by atoms with Gasteiger partial charge in [-0.1, -0.05) is 11.8 Å². The molecule has 0 spiro atoms. The van der Waals surface area contributed by atoms with Gasteiger partial charge in [0, 0.05) is 26.5 Å². The normalized spacial score (nSPS) is 9.76. The van der Waals surface area contributed by atoms with Crippen LogP contribution in [-0.2, 0) is 14.1 Å². The first-order chi connectivity index (χ1) is 8.06. The first-order valence-electron chi connectivity index (χ1n) is 4.84. The predicted molar refractivity (Wildman–Crippen MR) is 59.4 cm³/mol. The second-order valence-corrected chi connectivity index (χ2v) is 3.52. The predicted octanol–water partition coefficient (Wildman–Crippen LogP) is 0.252. The summed E-state index contributed by atoms with van der Waals surface area (Å²) >= 11 is 0. The lowest BCUT2D eigenvalue weighted by molar-refractivity contribution is 0.0689. The fourth-order valence-corrected chi connectivity index (χ4v) is 1.36. The summed E-state index contributed by atoms with van der Waals surface area (Å²) in [5, 5.41) is 16.7. The molecule has 0 amide bonds. The summed E-state index contributed by atoms with van der Waals surface area (Å²) in [7, 11) is 3.44. The fraction of sp³-hybridized carbons (Fsp3) is 0.182. The van der Waals surface area contributed by atoms with E-state index in [0.717, 1.165) is 5.56 Å². The van der Waals surface area contributed by atoms with E-state index in [2.05, 4.69) is 22.0 Å². The average Bonchev–Trinajstić information content (AvgIpc) is 2.82. The molecule has 0 bridgehead atoms. The van der Waals surface area contributed by atoms with Crippen LogP contribution in [0.15, 0.2) is 18.6 Å². The van der Waals surface area contributed by atoms with Crippen molar-refractivity contribution in [2.75, 3.05) is 0 Å². The third-order valence-electron chi connectivity index (χ3n) is 2.08. The van der Waals surface area contributed by atoms with Gasteiger partial charge in [0.25, 0.3) is 0 Å². The number of hydrogen-bond donors (Lipinski definition) is 1. The van der Waals surface area contributed by atoms with Gasteiger partial charge in [-0.3, -0.25) is 9.36 Å². The van der Waals surface area contributed by atoms with Gasteiger partial charge in [0.05, 0.1) is 17.3 Å². The topological polar surface area (TPSA) is 72.9 Å². The van der Waals surface area contributed by atoms with Crippen LogP contribution in [0.2, 0.25) is 0 Å². The highest BCUT2D eigenvalue weighted by Crippen LogP contribution is 2.05. The fourth-order valence-electron chi connectivity index (χ4n) is 1.36. The Morgan fingerprint density at radius 3 is 2.65 bits per heavy atom. The number of carboxylic acid groups (broad SMARTS) is 1. The number of rotatable bonds is 1. The van der Waals surface area contributed by atoms with Crippen LogP contribution < -0.4 is 0 Å². The quantitative estimate of drug-likeness (QED) is 0.713. The van der Waals surface area contributed by atoms with Crippen molar-refractivity contribution in [3.05, 3.63) is 35.4 Å². The molecule has 0 aliphatic carbocycles. The monoisotopic (exact) mass is 230 g/mol. The Balaban J connectivity index is 2.36. The highest BCUT2D eigenvalue weighted by atomic mass is 16.4. The molecule has 0 atom stereocenters. The van der Waals surface area contributed by atoms with Crippen molar-refractivity contribution in [3.63, 3.8) is 0 Å². The van der Waals surface area contributed by atoms with Crippen molar-refractivity contribution in [1.82, 2.24) is 19.6 Å². The maximum absolute atomic E-state index is 10.9. The van der Waals surface area contributed by atoms with Crippen LogP contribution in [0.25, 0.3) is 0 Å². The second kappa shape index (κ2) is 4.14. The highest BCUT2D eigenvalue weighted by molar-refractivity contribution is 5.88. The van der Waals surface area contributed by atoms with Gasteiger partial charge in [0.1, 0.15) is 0 Å². The Morgan fingerprint density at radius 2 is 2.06 bits per heavy atom. The summed E-state index contributed by atoms with van der Waals surface area (Å²) < 4.78 is 3.06. The van der Waals surface area contributed by atoms with Crippen molar-refractivity contribution in [2.45, 2.75) is 0 Å². The molecule has 0 saturated carbocycles. The number of aromatic nitrogens is 4. The van der Waals surface area contributed by atoms with Crippen molar-refractivity contribution < 1.29 is 9.90 Å². The minimum absolute atomic E-state index is 0.0381. The van der Waals surface area contributed by atoms with Gasteiger partial charge in [-0.05, 0) is 0 Å². The van der Waals surface area contributed by atoms with E-state index in [-0.39, 0.29) is 5.69 Å². The van der Waals surface area contributed by atoms with Crippen LogP contribution in [0.1, 0.15) is 21.6 Å². The number of hydrogen-bond acceptors (Lipinski definition) is 3. The molecule has 0 aromatic carbocycles. The van der Waals surface area contributed by atoms with Crippen molar-refractivity contribution >= 4 is 5.97 Å². The molecule has 2 heterocycles. The second-order valence-electron chi connectivity index (χ2n) is 3.52. The van der Waals surface area contributed by atoms with E-state index in [1.165, 1.54) is 4.68 Å². The molecular weight excluding hydrogens is 220 g/mol. The maximum atomic E-state index is 10.9. The van der Waals surface area contributed by atoms with Crippen LogP contribution >= 0.6 is 0 Å². The van der Waals surface area contributed by atoms with Crippen LogP contribution in [0.4, 0.5) is 0 Å². The van der Waals surface area contributed by atoms with E-state index >= 15 is 0 Å². The first-order valence-corrected chi connectivity index (χ1v) is 4.84. The number of carbonyl (C=O) groups is 1. The molecule has 2 aromatic heterocycles. The Hall–Kier alpha value is -2.55. The van der Waals surface area contributed by atoms with Crippen LogP contribution in [0, 0.1) is 11.8 Å². The Morgan fingerprint density at radius 1 is 1.29 bits per heavy atom. The molecule has 0 aliphatic heterocycles. The Labute approximate surface area is 97.5 Å². The van der Waals surface area contributed by atoms with E-state index < -0.39 is 5.97 Å². The molecule has 0 radical (unpaired) electrons. The van der Waals surface area contributed by atoms with Crippen molar-refractivity contribution in [3.8, 4) is 11.8 Å². The van der Waals surface area contributed by atoms with Crippen molar-refractivity contribution in [1.29, 1.82) is 0 Å². The van der Waals surface area contributed by atoms with Crippen LogP contribution in [0.3, 0.4) is 0 Å². The molecule has 0 aliphatic rings. The van der Waals surface area contributed by atoms with Gasteiger partial charge in [-0.15, -0.1) is 0 Å². The van der Waals surface area contributed by atoms with Gasteiger partial charge in [-0.2, -0.15) is 10.2 Å². The number of aryl methyl sites for hydroxylation is 2. The molecule has 1 N–H and O–H groups in total. The molecule has 86 valence electrons. The summed E-state index contributed by atoms with van der Waals surface area (Å²) in [4.78, 5) is 10.9. The lowest BCUT2D eigenvalue weighted by Gasteiger charge is -1.85. The lowest BCUT2D eigenvalue weighted by atomic mass is 10.2. The minimum atomic E-state index is -1.08. The van der Waals surface area contributed by atoms with Crippen molar-refractivity contribution in [2.24, 2.45) is 14.1 Å². The smallest absolute Gasteiger partial charge is 0.357 e. The molecule has 17 heavy (non-hydrogen) atoms. The molecular formula is C11H10N4O2. The summed E-state index contributed by atoms with van der Waals surface area (Å²) in [6.07, 6.45) is 4.94. The van der Waals surface area contributed by atoms with Gasteiger partial charge >= 0.3 is 5.97 Å². The summed E-state index contributed by atoms with van der Waals surface area (Å²) in [5.41, 5.74) is 1.08. The number of aromatic carboxylic acids is 1. The van der Waals surface area contributed by atoms with Gasteiger partial charge < -0.3 is 5.11 Å². The van der Waals surface area contributed by atoms with E-state index in [1.807, 2.05) is 0 Å². The van der Waals surface area contributed by atoms with Gasteiger partial charge in [-0.25, -0.2) is 4.79 Å². The van der Waals surface area contributed by atoms with E-state index in [4.69, 9.17) is 5.11 Å². The van der Waals surface area contributed by atoms with E-state index in [9.17, 15) is 4.79 Å². The Bertz CT molecular complexity index is 627. The minimum Gasteiger partial charge on any atom is -0.476 e. The number of nitrogens with zero attached hydrogens (tertiary/aromatic N) is 4. The maximum Gasteiger partial charge on any atom is 0.357 e. The van der Waals surface area contributed by atoms with Gasteiger partial charge in [0.2, 0.25) is 0 Å². The highest BCUT2D eigenvalue weighted by Gasteiger charge is 2.12. The summed E-state index contributed by atoms with van der Waals surface area (Å²) in [6.45, 7) is 0. The van der Waals surface area contributed by atoms with E-state index in [1.54, 1.807) is 37.4 Å². The molecule has 6 nitrogen and oxygen atoms in total. The lowest BCUT2D eigenvalue weighted by Crippen LogP contribution is -2.00. The third kappa shape index (κ3) is 2.34. The zero-order valence-corrected chi connectivity index (χ0v) is 9.38. The largest absolute Gasteiger partial charge is 0.476 e. The summed E-state index contributed by atoms with van der Waals surface area (Å²) in [5.74, 6) is 4.54. The zero-order chi connectivity index (χ0) is 12.4. The standard InChI is InChI=1S/C11H10N4O2/c1-14-6-8(5-12-14)3-4-9-7-15(2)13-10(9)11(16)17/h5-7H,1-2H3,(H,16,17). The zero-order valence-electron chi connectivity index (χ0n) is 9.38.